The Bertz CT molecular complexity index is 839. The summed E-state index contributed by atoms with van der Waals surface area (Å²) in [6, 6.07) is 16.0. The van der Waals surface area contributed by atoms with Gasteiger partial charge in [0.05, 0.1) is 23.5 Å². The molecule has 0 saturated carbocycles. The van der Waals surface area contributed by atoms with Gasteiger partial charge in [0.25, 0.3) is 0 Å². The van der Waals surface area contributed by atoms with E-state index in [0.29, 0.717) is 6.42 Å². The zero-order valence-electron chi connectivity index (χ0n) is 13.2. The molecule has 0 aliphatic carbocycles. The summed E-state index contributed by atoms with van der Waals surface area (Å²) in [5.74, 6) is 1.07. The molecule has 122 valence electrons. The van der Waals surface area contributed by atoms with Crippen molar-refractivity contribution in [3.8, 4) is 0 Å². The van der Waals surface area contributed by atoms with Crippen LogP contribution in [0.2, 0.25) is 0 Å². The lowest BCUT2D eigenvalue weighted by molar-refractivity contribution is -0.131. The molecule has 1 aromatic heterocycles. The lowest BCUT2D eigenvalue weighted by atomic mass is 10.1. The van der Waals surface area contributed by atoms with Crippen LogP contribution in [-0.2, 0) is 11.2 Å². The molecule has 0 bridgehead atoms. The molecule has 5 heteroatoms. The topological polar surface area (TPSA) is 49.0 Å². The highest BCUT2D eigenvalue weighted by molar-refractivity contribution is 9.10. The van der Waals surface area contributed by atoms with E-state index in [0.717, 1.165) is 46.3 Å². The van der Waals surface area contributed by atoms with Gasteiger partial charge in [0, 0.05) is 11.0 Å². The highest BCUT2D eigenvalue weighted by atomic mass is 79.9. The van der Waals surface area contributed by atoms with Gasteiger partial charge in [-0.15, -0.1) is 0 Å². The summed E-state index contributed by atoms with van der Waals surface area (Å²) in [5.41, 5.74) is 3.03. The maximum atomic E-state index is 12.8. The first-order valence-corrected chi connectivity index (χ1v) is 8.98. The standard InChI is InChI=1S/C19H18BrN3O/c20-14-9-7-13(8-10-14)12-18(24)23-11-3-6-17(23)19-21-15-4-1-2-5-16(15)22-19/h1-2,4-5,7-10,17H,3,6,11-12H2,(H,21,22)/t17-/m1/s1. The number of halogens is 1. The van der Waals surface area contributed by atoms with Crippen molar-refractivity contribution in [3.05, 3.63) is 64.4 Å². The largest absolute Gasteiger partial charge is 0.340 e. The summed E-state index contributed by atoms with van der Waals surface area (Å²) in [6.07, 6.45) is 2.42. The Hall–Kier alpha value is -2.14. The van der Waals surface area contributed by atoms with Crippen LogP contribution in [0.5, 0.6) is 0 Å². The Labute approximate surface area is 149 Å². The molecule has 24 heavy (non-hydrogen) atoms. The molecule has 3 aromatic rings. The van der Waals surface area contributed by atoms with Crippen molar-refractivity contribution in [2.75, 3.05) is 6.54 Å². The first-order chi connectivity index (χ1) is 11.7. The molecule has 0 spiro atoms. The summed E-state index contributed by atoms with van der Waals surface area (Å²) in [6.45, 7) is 0.803. The minimum absolute atomic E-state index is 0.0559. The Kier molecular flexibility index (Phi) is 4.10. The van der Waals surface area contributed by atoms with Gasteiger partial charge in [0.1, 0.15) is 5.82 Å². The van der Waals surface area contributed by atoms with Crippen molar-refractivity contribution in [3.63, 3.8) is 0 Å². The number of nitrogens with one attached hydrogen (secondary N) is 1. The molecule has 1 aliphatic heterocycles. The van der Waals surface area contributed by atoms with E-state index in [4.69, 9.17) is 4.98 Å². The number of aromatic amines is 1. The number of aromatic nitrogens is 2. The predicted molar refractivity (Wildman–Crippen MR) is 97.6 cm³/mol. The van der Waals surface area contributed by atoms with E-state index >= 15 is 0 Å². The van der Waals surface area contributed by atoms with E-state index in [2.05, 4.69) is 20.9 Å². The Morgan fingerprint density at radius 3 is 2.79 bits per heavy atom. The molecule has 1 fully saturated rings. The normalized spacial score (nSPS) is 17.5. The molecule has 2 heterocycles. The van der Waals surface area contributed by atoms with E-state index < -0.39 is 0 Å². The second kappa shape index (κ2) is 6.40. The van der Waals surface area contributed by atoms with Gasteiger partial charge < -0.3 is 9.88 Å². The molecule has 4 rings (SSSR count). The quantitative estimate of drug-likeness (QED) is 0.735. The SMILES string of the molecule is O=C(Cc1ccc(Br)cc1)N1CCC[C@@H]1c1nc2ccccc2[nH]1. The molecule has 1 N–H and O–H groups in total. The van der Waals surface area contributed by atoms with Crippen molar-refractivity contribution in [2.24, 2.45) is 0 Å². The zero-order chi connectivity index (χ0) is 16.5. The van der Waals surface area contributed by atoms with Gasteiger partial charge in [-0.05, 0) is 42.7 Å². The number of carbonyl (C=O) groups is 1. The predicted octanol–water partition coefficient (Wildman–Crippen LogP) is 4.23. The molecule has 0 radical (unpaired) electrons. The third kappa shape index (κ3) is 2.96. The first-order valence-electron chi connectivity index (χ1n) is 8.19. The third-order valence-corrected chi connectivity index (χ3v) is 5.09. The Morgan fingerprint density at radius 2 is 2.00 bits per heavy atom. The van der Waals surface area contributed by atoms with Crippen LogP contribution in [0.25, 0.3) is 11.0 Å². The first kappa shape index (κ1) is 15.4. The van der Waals surface area contributed by atoms with Gasteiger partial charge in [-0.3, -0.25) is 4.79 Å². The number of hydrogen-bond donors (Lipinski definition) is 1. The fraction of sp³-hybridized carbons (Fsp3) is 0.263. The summed E-state index contributed by atoms with van der Waals surface area (Å²) in [7, 11) is 0. The minimum atomic E-state index is 0.0559. The number of benzene rings is 2. The van der Waals surface area contributed by atoms with Gasteiger partial charge in [0.2, 0.25) is 5.91 Å². The zero-order valence-corrected chi connectivity index (χ0v) is 14.8. The molecular weight excluding hydrogens is 366 g/mol. The average Bonchev–Trinajstić information content (AvgIpc) is 3.23. The van der Waals surface area contributed by atoms with Crippen LogP contribution in [-0.4, -0.2) is 27.3 Å². The maximum absolute atomic E-state index is 12.8. The number of fused-ring (bicyclic) bond motifs is 1. The number of hydrogen-bond acceptors (Lipinski definition) is 2. The van der Waals surface area contributed by atoms with Crippen molar-refractivity contribution in [2.45, 2.75) is 25.3 Å². The minimum Gasteiger partial charge on any atom is -0.340 e. The van der Waals surface area contributed by atoms with E-state index in [9.17, 15) is 4.79 Å². The number of H-pyrrole nitrogens is 1. The van der Waals surface area contributed by atoms with Crippen molar-refractivity contribution in [1.82, 2.24) is 14.9 Å². The number of likely N-dealkylation sites (tertiary alicyclic amines) is 1. The molecule has 0 unspecified atom stereocenters. The number of nitrogens with zero attached hydrogens (tertiary/aromatic N) is 2. The molecule has 1 amide bonds. The Balaban J connectivity index is 1.55. The molecule has 1 aliphatic rings. The lowest BCUT2D eigenvalue weighted by Gasteiger charge is -2.23. The third-order valence-electron chi connectivity index (χ3n) is 4.57. The van der Waals surface area contributed by atoms with Crippen LogP contribution in [0, 0.1) is 0 Å². The number of rotatable bonds is 3. The molecular formula is C19H18BrN3O. The van der Waals surface area contributed by atoms with E-state index in [1.807, 2.05) is 53.4 Å². The van der Waals surface area contributed by atoms with E-state index in [-0.39, 0.29) is 11.9 Å². The maximum Gasteiger partial charge on any atom is 0.227 e. The van der Waals surface area contributed by atoms with Gasteiger partial charge in [-0.25, -0.2) is 4.98 Å². The fourth-order valence-corrected chi connectivity index (χ4v) is 3.62. The van der Waals surface area contributed by atoms with Gasteiger partial charge >= 0.3 is 0 Å². The monoisotopic (exact) mass is 383 g/mol. The molecule has 4 nitrogen and oxygen atoms in total. The van der Waals surface area contributed by atoms with Crippen LogP contribution in [0.1, 0.15) is 30.3 Å². The fourth-order valence-electron chi connectivity index (χ4n) is 3.36. The van der Waals surface area contributed by atoms with E-state index in [1.165, 1.54) is 0 Å². The van der Waals surface area contributed by atoms with Crippen molar-refractivity contribution in [1.29, 1.82) is 0 Å². The number of amides is 1. The number of imidazole rings is 1. The smallest absolute Gasteiger partial charge is 0.227 e. The molecule has 1 atom stereocenters. The molecule has 1 saturated heterocycles. The van der Waals surface area contributed by atoms with Crippen LogP contribution < -0.4 is 0 Å². The van der Waals surface area contributed by atoms with Crippen LogP contribution in [0.4, 0.5) is 0 Å². The van der Waals surface area contributed by atoms with Crippen molar-refractivity contribution < 1.29 is 4.79 Å². The summed E-state index contributed by atoms with van der Waals surface area (Å²) in [4.78, 5) is 22.8. The summed E-state index contributed by atoms with van der Waals surface area (Å²) >= 11 is 3.43. The second-order valence-electron chi connectivity index (χ2n) is 6.19. The van der Waals surface area contributed by atoms with Gasteiger partial charge in [-0.1, -0.05) is 40.2 Å². The van der Waals surface area contributed by atoms with Gasteiger partial charge in [-0.2, -0.15) is 0 Å². The average molecular weight is 384 g/mol. The van der Waals surface area contributed by atoms with E-state index in [1.54, 1.807) is 0 Å². The lowest BCUT2D eigenvalue weighted by Crippen LogP contribution is -2.32. The number of carbonyl (C=O) groups excluding carboxylic acids is 1. The number of para-hydroxylation sites is 2. The second-order valence-corrected chi connectivity index (χ2v) is 7.10. The molecule has 2 aromatic carbocycles. The van der Waals surface area contributed by atoms with Gasteiger partial charge in [0.15, 0.2) is 0 Å². The highest BCUT2D eigenvalue weighted by Crippen LogP contribution is 2.32. The summed E-state index contributed by atoms with van der Waals surface area (Å²) in [5, 5.41) is 0. The van der Waals surface area contributed by atoms with Crippen LogP contribution >= 0.6 is 15.9 Å². The van der Waals surface area contributed by atoms with Crippen molar-refractivity contribution >= 4 is 32.9 Å². The Morgan fingerprint density at radius 1 is 1.21 bits per heavy atom. The van der Waals surface area contributed by atoms with Crippen LogP contribution in [0.15, 0.2) is 53.0 Å². The highest BCUT2D eigenvalue weighted by Gasteiger charge is 2.31. The summed E-state index contributed by atoms with van der Waals surface area (Å²) < 4.78 is 1.03. The van der Waals surface area contributed by atoms with Crippen LogP contribution in [0.3, 0.4) is 0 Å².